The highest BCUT2D eigenvalue weighted by molar-refractivity contribution is 9.11. The molecule has 0 aliphatic heterocycles. The van der Waals surface area contributed by atoms with Crippen molar-refractivity contribution in [3.8, 4) is 23.1 Å². The normalized spacial score (nSPS) is 10.7. The Morgan fingerprint density at radius 3 is 2.75 bits per heavy atom. The van der Waals surface area contributed by atoms with E-state index in [2.05, 4.69) is 52.0 Å². The Hall–Kier alpha value is -1.80. The summed E-state index contributed by atoms with van der Waals surface area (Å²) in [5.41, 5.74) is 6.74. The van der Waals surface area contributed by atoms with Crippen LogP contribution in [-0.4, -0.2) is 20.1 Å². The minimum atomic E-state index is 0.295. The molecule has 3 heterocycles. The molecule has 20 heavy (non-hydrogen) atoms. The van der Waals surface area contributed by atoms with Gasteiger partial charge in [0, 0.05) is 15.1 Å². The monoisotopic (exact) mass is 395 g/mol. The largest absolute Gasteiger partial charge is 0.384 e. The Kier molecular flexibility index (Phi) is 3.49. The lowest BCUT2D eigenvalue weighted by molar-refractivity contribution is 0.431. The topological polar surface area (TPSA) is 90.7 Å². The van der Waals surface area contributed by atoms with E-state index in [0.29, 0.717) is 28.9 Å². The summed E-state index contributed by atoms with van der Waals surface area (Å²) in [6.07, 6.45) is 1.66. The molecule has 3 rings (SSSR count). The van der Waals surface area contributed by atoms with E-state index in [9.17, 15) is 0 Å². The molecule has 3 aromatic rings. The number of aromatic nitrogens is 4. The first-order valence-corrected chi connectivity index (χ1v) is 7.10. The minimum Gasteiger partial charge on any atom is -0.384 e. The highest BCUT2D eigenvalue weighted by Gasteiger charge is 2.15. The Balaban J connectivity index is 2.02. The minimum absolute atomic E-state index is 0.295. The van der Waals surface area contributed by atoms with Crippen molar-refractivity contribution in [3.63, 3.8) is 0 Å². The molecule has 0 radical (unpaired) electrons. The smallest absolute Gasteiger partial charge is 0.276 e. The van der Waals surface area contributed by atoms with Crippen LogP contribution < -0.4 is 5.73 Å². The molecule has 100 valence electrons. The maximum Gasteiger partial charge on any atom is 0.276 e. The maximum absolute atomic E-state index is 5.63. The third kappa shape index (κ3) is 2.56. The van der Waals surface area contributed by atoms with Crippen molar-refractivity contribution in [1.82, 2.24) is 20.1 Å². The van der Waals surface area contributed by atoms with E-state index in [-0.39, 0.29) is 0 Å². The van der Waals surface area contributed by atoms with E-state index in [4.69, 9.17) is 10.3 Å². The molecule has 0 fully saturated rings. The second-order valence-corrected chi connectivity index (χ2v) is 5.62. The first-order valence-electron chi connectivity index (χ1n) is 5.51. The molecule has 0 saturated carbocycles. The van der Waals surface area contributed by atoms with E-state index in [0.717, 1.165) is 8.95 Å². The fraction of sp³-hybridized carbons (Fsp3) is 0. The van der Waals surface area contributed by atoms with Crippen molar-refractivity contribution in [2.45, 2.75) is 0 Å². The van der Waals surface area contributed by atoms with Crippen LogP contribution in [0.5, 0.6) is 0 Å². The van der Waals surface area contributed by atoms with Crippen LogP contribution in [0.1, 0.15) is 0 Å². The number of nitrogens with two attached hydrogens (primary N) is 1. The average molecular weight is 397 g/mol. The fourth-order valence-electron chi connectivity index (χ4n) is 1.57. The second-order valence-electron chi connectivity index (χ2n) is 3.85. The van der Waals surface area contributed by atoms with Crippen molar-refractivity contribution in [2.75, 3.05) is 5.73 Å². The quantitative estimate of drug-likeness (QED) is 0.714. The molecule has 0 aromatic carbocycles. The lowest BCUT2D eigenvalue weighted by Gasteiger charge is -1.98. The standard InChI is InChI=1S/C12H7Br2N5O/c13-6-4-7(14)10(16-5-6)11-18-12(20-19-11)8-2-1-3-9(15)17-8/h1-5H,(H2,15,17). The first kappa shape index (κ1) is 13.2. The zero-order chi connectivity index (χ0) is 14.1. The van der Waals surface area contributed by atoms with Crippen LogP contribution in [0.15, 0.2) is 43.9 Å². The number of anilines is 1. The molecule has 8 heteroatoms. The molecule has 2 N–H and O–H groups in total. The summed E-state index contributed by atoms with van der Waals surface area (Å²) in [4.78, 5) is 12.7. The van der Waals surface area contributed by atoms with E-state index in [1.807, 2.05) is 6.07 Å². The molecular formula is C12H7Br2N5O. The van der Waals surface area contributed by atoms with E-state index < -0.39 is 0 Å². The first-order chi connectivity index (χ1) is 9.63. The molecule has 0 saturated heterocycles. The number of rotatable bonds is 2. The van der Waals surface area contributed by atoms with Gasteiger partial charge in [0.15, 0.2) is 0 Å². The van der Waals surface area contributed by atoms with Gasteiger partial charge in [-0.05, 0) is 50.1 Å². The molecule has 0 bridgehead atoms. The van der Waals surface area contributed by atoms with Gasteiger partial charge >= 0.3 is 0 Å². The number of nitrogen functional groups attached to an aromatic ring is 1. The summed E-state index contributed by atoms with van der Waals surface area (Å²) < 4.78 is 6.81. The van der Waals surface area contributed by atoms with Gasteiger partial charge in [0.1, 0.15) is 17.2 Å². The summed E-state index contributed by atoms with van der Waals surface area (Å²) in [5, 5.41) is 3.91. The third-order valence-corrected chi connectivity index (χ3v) is 3.47. The Morgan fingerprint density at radius 1 is 1.15 bits per heavy atom. The molecule has 0 unspecified atom stereocenters. The maximum atomic E-state index is 5.63. The van der Waals surface area contributed by atoms with Crippen LogP contribution in [0.25, 0.3) is 23.1 Å². The van der Waals surface area contributed by atoms with Crippen molar-refractivity contribution in [1.29, 1.82) is 0 Å². The molecule has 3 aromatic heterocycles. The molecule has 0 aliphatic carbocycles. The van der Waals surface area contributed by atoms with Crippen molar-refractivity contribution in [3.05, 3.63) is 39.4 Å². The highest BCUT2D eigenvalue weighted by Crippen LogP contribution is 2.28. The number of hydrogen-bond donors (Lipinski definition) is 1. The van der Waals surface area contributed by atoms with E-state index in [1.54, 1.807) is 24.4 Å². The zero-order valence-electron chi connectivity index (χ0n) is 9.92. The van der Waals surface area contributed by atoms with Gasteiger partial charge in [-0.2, -0.15) is 4.98 Å². The van der Waals surface area contributed by atoms with E-state index >= 15 is 0 Å². The highest BCUT2D eigenvalue weighted by atomic mass is 79.9. The summed E-state index contributed by atoms with van der Waals surface area (Å²) >= 11 is 6.75. The van der Waals surface area contributed by atoms with Gasteiger partial charge in [-0.25, -0.2) is 4.98 Å². The van der Waals surface area contributed by atoms with Crippen LogP contribution in [-0.2, 0) is 0 Å². The fourth-order valence-corrected chi connectivity index (χ4v) is 2.74. The van der Waals surface area contributed by atoms with Crippen molar-refractivity contribution >= 4 is 37.7 Å². The summed E-state index contributed by atoms with van der Waals surface area (Å²) in [6.45, 7) is 0. The molecule has 0 atom stereocenters. The Bertz CT molecular complexity index is 774. The number of hydrogen-bond acceptors (Lipinski definition) is 6. The molecule has 0 amide bonds. The van der Waals surface area contributed by atoms with E-state index in [1.165, 1.54) is 0 Å². The number of nitrogens with zero attached hydrogens (tertiary/aromatic N) is 4. The summed E-state index contributed by atoms with van der Waals surface area (Å²) in [7, 11) is 0. The van der Waals surface area contributed by atoms with Crippen molar-refractivity contribution < 1.29 is 4.52 Å². The van der Waals surface area contributed by atoms with Crippen molar-refractivity contribution in [2.24, 2.45) is 0 Å². The lowest BCUT2D eigenvalue weighted by atomic mass is 10.3. The predicted octanol–water partition coefficient (Wildman–Crippen LogP) is 3.30. The van der Waals surface area contributed by atoms with Gasteiger partial charge in [0.25, 0.3) is 5.89 Å². The van der Waals surface area contributed by atoms with Gasteiger partial charge in [-0.1, -0.05) is 11.2 Å². The predicted molar refractivity (Wildman–Crippen MR) is 80.6 cm³/mol. The van der Waals surface area contributed by atoms with Gasteiger partial charge in [-0.15, -0.1) is 0 Å². The van der Waals surface area contributed by atoms with Gasteiger partial charge in [-0.3, -0.25) is 4.98 Å². The van der Waals surface area contributed by atoms with Crippen LogP contribution >= 0.6 is 31.9 Å². The third-order valence-electron chi connectivity index (χ3n) is 2.44. The average Bonchev–Trinajstić information content (AvgIpc) is 2.88. The Morgan fingerprint density at radius 2 is 2.00 bits per heavy atom. The zero-order valence-corrected chi connectivity index (χ0v) is 13.1. The van der Waals surface area contributed by atoms with Crippen LogP contribution in [0, 0.1) is 0 Å². The molecule has 0 spiro atoms. The van der Waals surface area contributed by atoms with Crippen LogP contribution in [0.2, 0.25) is 0 Å². The number of pyridine rings is 2. The van der Waals surface area contributed by atoms with Gasteiger partial charge in [0.05, 0.1) is 0 Å². The summed E-state index contributed by atoms with van der Waals surface area (Å²) in [5.74, 6) is 1.07. The molecule has 0 aliphatic rings. The molecule has 6 nitrogen and oxygen atoms in total. The molecular weight excluding hydrogens is 390 g/mol. The number of halogens is 2. The van der Waals surface area contributed by atoms with Gasteiger partial charge < -0.3 is 10.3 Å². The lowest BCUT2D eigenvalue weighted by Crippen LogP contribution is -1.92. The Labute approximate surface area is 130 Å². The van der Waals surface area contributed by atoms with Crippen LogP contribution in [0.3, 0.4) is 0 Å². The summed E-state index contributed by atoms with van der Waals surface area (Å²) in [6, 6.07) is 7.07. The second kappa shape index (κ2) is 5.29. The van der Waals surface area contributed by atoms with Crippen LogP contribution in [0.4, 0.5) is 5.82 Å². The van der Waals surface area contributed by atoms with Gasteiger partial charge in [0.2, 0.25) is 5.82 Å². The SMILES string of the molecule is Nc1cccc(-c2nc(-c3ncc(Br)cc3Br)no2)n1.